The normalized spacial score (nSPS) is 14.8. The highest BCUT2D eigenvalue weighted by molar-refractivity contribution is 5.16. The molecule has 0 aliphatic carbocycles. The van der Waals surface area contributed by atoms with Gasteiger partial charge < -0.3 is 10.4 Å². The van der Waals surface area contributed by atoms with Crippen LogP contribution >= 0.6 is 0 Å². The minimum atomic E-state index is -0.191. The molecule has 1 rings (SSSR count). The number of hydrogen-bond donors (Lipinski definition) is 2. The molecule has 0 aromatic heterocycles. The Labute approximate surface area is 96.5 Å². The predicted octanol–water partition coefficient (Wildman–Crippen LogP) is 2.12. The van der Waals surface area contributed by atoms with E-state index < -0.39 is 0 Å². The van der Waals surface area contributed by atoms with Crippen molar-refractivity contribution in [2.45, 2.75) is 38.8 Å². The summed E-state index contributed by atoms with van der Waals surface area (Å²) in [4.78, 5) is 0. The number of hydrogen-bond acceptors (Lipinski definition) is 2. The van der Waals surface area contributed by atoms with E-state index in [1.165, 1.54) is 12.1 Å². The van der Waals surface area contributed by atoms with Crippen LogP contribution in [-0.4, -0.2) is 23.8 Å². The van der Waals surface area contributed by atoms with E-state index in [2.05, 4.69) is 12.2 Å². The van der Waals surface area contributed by atoms with E-state index in [0.717, 1.165) is 18.4 Å². The van der Waals surface area contributed by atoms with E-state index in [-0.39, 0.29) is 18.5 Å². The highest BCUT2D eigenvalue weighted by Gasteiger charge is 2.06. The molecule has 1 aromatic rings. The smallest absolute Gasteiger partial charge is 0.123 e. The van der Waals surface area contributed by atoms with Crippen LogP contribution < -0.4 is 5.32 Å². The van der Waals surface area contributed by atoms with Crippen molar-refractivity contribution in [2.75, 3.05) is 6.61 Å². The first-order chi connectivity index (χ1) is 7.61. The topological polar surface area (TPSA) is 32.3 Å². The highest BCUT2D eigenvalue weighted by atomic mass is 19.1. The van der Waals surface area contributed by atoms with Gasteiger partial charge in [0.2, 0.25) is 0 Å². The molecule has 1 aromatic carbocycles. The minimum absolute atomic E-state index is 0.128. The van der Waals surface area contributed by atoms with Gasteiger partial charge in [0, 0.05) is 12.1 Å². The molecule has 0 saturated carbocycles. The zero-order valence-corrected chi connectivity index (χ0v) is 9.91. The van der Waals surface area contributed by atoms with Crippen LogP contribution in [0.3, 0.4) is 0 Å². The summed E-state index contributed by atoms with van der Waals surface area (Å²) in [6.45, 7) is 4.20. The average molecular weight is 225 g/mol. The first-order valence-electron chi connectivity index (χ1n) is 5.73. The van der Waals surface area contributed by atoms with Gasteiger partial charge in [-0.3, -0.25) is 0 Å². The Bertz CT molecular complexity index is 299. The molecule has 0 radical (unpaired) electrons. The molecule has 0 bridgehead atoms. The fourth-order valence-electron chi connectivity index (χ4n) is 1.66. The van der Waals surface area contributed by atoms with E-state index in [4.69, 9.17) is 5.11 Å². The van der Waals surface area contributed by atoms with Crippen LogP contribution in [0.2, 0.25) is 0 Å². The van der Waals surface area contributed by atoms with Gasteiger partial charge >= 0.3 is 0 Å². The maximum absolute atomic E-state index is 12.7. The Morgan fingerprint density at radius 2 is 1.81 bits per heavy atom. The molecule has 3 heteroatoms. The summed E-state index contributed by atoms with van der Waals surface area (Å²) in [5, 5.41) is 12.2. The molecule has 90 valence electrons. The minimum Gasteiger partial charge on any atom is -0.395 e. The van der Waals surface area contributed by atoms with Crippen LogP contribution in [-0.2, 0) is 6.42 Å². The van der Waals surface area contributed by atoms with Crippen LogP contribution in [0.5, 0.6) is 0 Å². The number of halogens is 1. The molecular formula is C13H20FNO. The molecule has 2 N–H and O–H groups in total. The fraction of sp³-hybridized carbons (Fsp3) is 0.538. The van der Waals surface area contributed by atoms with Crippen molar-refractivity contribution in [3.05, 3.63) is 35.6 Å². The molecule has 0 saturated heterocycles. The lowest BCUT2D eigenvalue weighted by molar-refractivity contribution is 0.241. The van der Waals surface area contributed by atoms with Gasteiger partial charge in [0.1, 0.15) is 5.82 Å². The molecule has 2 nitrogen and oxygen atoms in total. The average Bonchev–Trinajstić information content (AvgIpc) is 2.28. The van der Waals surface area contributed by atoms with Gasteiger partial charge in [-0.05, 0) is 44.4 Å². The second-order valence-corrected chi connectivity index (χ2v) is 4.32. The van der Waals surface area contributed by atoms with Crippen molar-refractivity contribution in [1.29, 1.82) is 0 Å². The van der Waals surface area contributed by atoms with Crippen molar-refractivity contribution in [1.82, 2.24) is 5.32 Å². The summed E-state index contributed by atoms with van der Waals surface area (Å²) in [6, 6.07) is 7.10. The van der Waals surface area contributed by atoms with E-state index in [1.807, 2.05) is 19.1 Å². The second kappa shape index (κ2) is 6.61. The molecule has 0 aliphatic heterocycles. The molecule has 0 amide bonds. The lowest BCUT2D eigenvalue weighted by atomic mass is 10.1. The first-order valence-corrected chi connectivity index (χ1v) is 5.73. The fourth-order valence-corrected chi connectivity index (χ4v) is 1.66. The Balaban J connectivity index is 2.31. The van der Waals surface area contributed by atoms with Crippen molar-refractivity contribution in [3.8, 4) is 0 Å². The maximum Gasteiger partial charge on any atom is 0.123 e. The van der Waals surface area contributed by atoms with E-state index >= 15 is 0 Å². The summed E-state index contributed by atoms with van der Waals surface area (Å²) in [6.07, 6.45) is 1.91. The maximum atomic E-state index is 12.7. The summed E-state index contributed by atoms with van der Waals surface area (Å²) in [7, 11) is 0. The molecular weight excluding hydrogens is 205 g/mol. The third-order valence-electron chi connectivity index (χ3n) is 2.62. The Kier molecular flexibility index (Phi) is 5.43. The van der Waals surface area contributed by atoms with E-state index in [1.54, 1.807) is 0 Å². The van der Waals surface area contributed by atoms with Gasteiger partial charge in [0.15, 0.2) is 0 Å². The molecule has 16 heavy (non-hydrogen) atoms. The van der Waals surface area contributed by atoms with E-state index in [9.17, 15) is 4.39 Å². The number of benzene rings is 1. The monoisotopic (exact) mass is 225 g/mol. The number of aryl methyl sites for hydroxylation is 1. The van der Waals surface area contributed by atoms with Crippen molar-refractivity contribution in [3.63, 3.8) is 0 Å². The Morgan fingerprint density at radius 1 is 1.19 bits per heavy atom. The van der Waals surface area contributed by atoms with Crippen molar-refractivity contribution < 1.29 is 9.50 Å². The van der Waals surface area contributed by atoms with Crippen molar-refractivity contribution in [2.24, 2.45) is 0 Å². The second-order valence-electron chi connectivity index (χ2n) is 4.32. The van der Waals surface area contributed by atoms with Crippen LogP contribution in [0.4, 0.5) is 4.39 Å². The standard InChI is InChI=1S/C13H20FNO/c1-10(15-11(2)9-16)3-4-12-5-7-13(14)8-6-12/h5-8,10-11,15-16H,3-4,9H2,1-2H3. The summed E-state index contributed by atoms with van der Waals surface area (Å²) in [5.41, 5.74) is 1.15. The van der Waals surface area contributed by atoms with Crippen molar-refractivity contribution >= 4 is 0 Å². The molecule has 2 atom stereocenters. The number of aliphatic hydroxyl groups is 1. The summed E-state index contributed by atoms with van der Waals surface area (Å²) < 4.78 is 12.7. The Hall–Kier alpha value is -0.930. The van der Waals surface area contributed by atoms with Crippen LogP contribution in [0.25, 0.3) is 0 Å². The van der Waals surface area contributed by atoms with Gasteiger partial charge in [-0.15, -0.1) is 0 Å². The molecule has 0 spiro atoms. The van der Waals surface area contributed by atoms with Gasteiger partial charge in [0.25, 0.3) is 0 Å². The van der Waals surface area contributed by atoms with Gasteiger partial charge in [-0.1, -0.05) is 12.1 Å². The largest absolute Gasteiger partial charge is 0.395 e. The van der Waals surface area contributed by atoms with E-state index in [0.29, 0.717) is 6.04 Å². The lowest BCUT2D eigenvalue weighted by Gasteiger charge is -2.18. The van der Waals surface area contributed by atoms with Gasteiger partial charge in [-0.2, -0.15) is 0 Å². The number of nitrogens with one attached hydrogen (secondary N) is 1. The first kappa shape index (κ1) is 13.1. The zero-order chi connectivity index (χ0) is 12.0. The quantitative estimate of drug-likeness (QED) is 0.777. The molecule has 0 fully saturated rings. The third kappa shape index (κ3) is 4.73. The van der Waals surface area contributed by atoms with Gasteiger partial charge in [0.05, 0.1) is 6.61 Å². The number of aliphatic hydroxyl groups excluding tert-OH is 1. The summed E-state index contributed by atoms with van der Waals surface area (Å²) in [5.74, 6) is -0.191. The lowest BCUT2D eigenvalue weighted by Crippen LogP contribution is -2.36. The van der Waals surface area contributed by atoms with Gasteiger partial charge in [-0.25, -0.2) is 4.39 Å². The molecule has 2 unspecified atom stereocenters. The van der Waals surface area contributed by atoms with Crippen LogP contribution in [0.15, 0.2) is 24.3 Å². The van der Waals surface area contributed by atoms with Crippen LogP contribution in [0.1, 0.15) is 25.8 Å². The van der Waals surface area contributed by atoms with Crippen LogP contribution in [0, 0.1) is 5.82 Å². The predicted molar refractivity (Wildman–Crippen MR) is 63.9 cm³/mol. The summed E-state index contributed by atoms with van der Waals surface area (Å²) >= 11 is 0. The molecule has 0 heterocycles. The zero-order valence-electron chi connectivity index (χ0n) is 9.91. The third-order valence-corrected chi connectivity index (χ3v) is 2.62. The Morgan fingerprint density at radius 3 is 2.38 bits per heavy atom. The number of rotatable bonds is 6. The molecule has 0 aliphatic rings. The SMILES string of the molecule is CC(CO)NC(C)CCc1ccc(F)cc1. The highest BCUT2D eigenvalue weighted by Crippen LogP contribution is 2.07.